The van der Waals surface area contributed by atoms with Gasteiger partial charge < -0.3 is 9.47 Å². The predicted octanol–water partition coefficient (Wildman–Crippen LogP) is 2.34. The minimum atomic E-state index is 0.253. The molecule has 0 aliphatic carbocycles. The summed E-state index contributed by atoms with van der Waals surface area (Å²) in [6.45, 7) is 8.23. The molecule has 0 bridgehead atoms. The van der Waals surface area contributed by atoms with Gasteiger partial charge in [-0.15, -0.1) is 0 Å². The highest BCUT2D eigenvalue weighted by Crippen LogP contribution is 2.18. The Kier molecular flexibility index (Phi) is 6.19. The van der Waals surface area contributed by atoms with Crippen LogP contribution in [0.3, 0.4) is 0 Å². The van der Waals surface area contributed by atoms with Gasteiger partial charge in [0.25, 0.3) is 0 Å². The van der Waals surface area contributed by atoms with E-state index in [2.05, 4.69) is 4.90 Å². The van der Waals surface area contributed by atoms with Crippen molar-refractivity contribution in [2.45, 2.75) is 46.1 Å². The van der Waals surface area contributed by atoms with Gasteiger partial charge in [0.1, 0.15) is 23.4 Å². The maximum atomic E-state index is 11.4. The first-order valence-electron chi connectivity index (χ1n) is 6.69. The van der Waals surface area contributed by atoms with Crippen LogP contribution >= 0.6 is 0 Å². The third kappa shape index (κ3) is 4.69. The molecule has 1 saturated heterocycles. The molecule has 0 aromatic carbocycles. The second-order valence-corrected chi connectivity index (χ2v) is 4.80. The molecule has 1 aliphatic heterocycles. The van der Waals surface area contributed by atoms with Crippen molar-refractivity contribution >= 4 is 5.78 Å². The highest BCUT2D eigenvalue weighted by molar-refractivity contribution is 5.80. The van der Waals surface area contributed by atoms with Gasteiger partial charge in [0.2, 0.25) is 0 Å². The summed E-state index contributed by atoms with van der Waals surface area (Å²) in [5.74, 6) is 2.01. The lowest BCUT2D eigenvalue weighted by atomic mass is 10.1. The van der Waals surface area contributed by atoms with E-state index in [0.717, 1.165) is 37.4 Å². The average Bonchev–Trinajstić information content (AvgIpc) is 2.39. The van der Waals surface area contributed by atoms with Gasteiger partial charge in [0.15, 0.2) is 0 Å². The van der Waals surface area contributed by atoms with Crippen molar-refractivity contribution in [2.24, 2.45) is 0 Å². The first kappa shape index (κ1) is 15.0. The zero-order valence-electron chi connectivity index (χ0n) is 12.0. The van der Waals surface area contributed by atoms with Crippen molar-refractivity contribution in [1.82, 2.24) is 4.90 Å². The lowest BCUT2D eigenvalue weighted by molar-refractivity contribution is -0.120. The number of hydrogen-bond donors (Lipinski definition) is 0. The van der Waals surface area contributed by atoms with E-state index in [0.29, 0.717) is 18.7 Å². The van der Waals surface area contributed by atoms with Gasteiger partial charge in [-0.2, -0.15) is 0 Å². The quantitative estimate of drug-likeness (QED) is 0.683. The SMILES string of the molecule is CCC(=O)CN1CCC(OC(C)=C(C)OC)CC1. The lowest BCUT2D eigenvalue weighted by Crippen LogP contribution is -2.39. The molecule has 0 saturated carbocycles. The summed E-state index contributed by atoms with van der Waals surface area (Å²) in [4.78, 5) is 13.6. The molecule has 104 valence electrons. The molecular weight excluding hydrogens is 230 g/mol. The number of nitrogens with zero attached hydrogens (tertiary/aromatic N) is 1. The highest BCUT2D eigenvalue weighted by atomic mass is 16.5. The number of piperidine rings is 1. The van der Waals surface area contributed by atoms with E-state index >= 15 is 0 Å². The molecule has 0 aromatic heterocycles. The zero-order chi connectivity index (χ0) is 13.5. The molecule has 0 atom stereocenters. The van der Waals surface area contributed by atoms with E-state index in [4.69, 9.17) is 9.47 Å². The Morgan fingerprint density at radius 3 is 2.33 bits per heavy atom. The number of allylic oxidation sites excluding steroid dienone is 2. The molecule has 0 N–H and O–H groups in total. The first-order chi connectivity index (χ1) is 8.56. The minimum absolute atomic E-state index is 0.253. The molecular formula is C14H25NO3. The lowest BCUT2D eigenvalue weighted by Gasteiger charge is -2.31. The van der Waals surface area contributed by atoms with Crippen molar-refractivity contribution in [1.29, 1.82) is 0 Å². The molecule has 1 rings (SSSR count). The van der Waals surface area contributed by atoms with Crippen molar-refractivity contribution in [3.05, 3.63) is 11.5 Å². The number of ketones is 1. The monoisotopic (exact) mass is 255 g/mol. The van der Waals surface area contributed by atoms with Crippen LogP contribution in [-0.2, 0) is 14.3 Å². The van der Waals surface area contributed by atoms with E-state index < -0.39 is 0 Å². The molecule has 0 spiro atoms. The third-order valence-corrected chi connectivity index (χ3v) is 3.47. The maximum absolute atomic E-state index is 11.4. The van der Waals surface area contributed by atoms with Crippen LogP contribution < -0.4 is 0 Å². The van der Waals surface area contributed by atoms with Crippen molar-refractivity contribution < 1.29 is 14.3 Å². The van der Waals surface area contributed by atoms with E-state index in [9.17, 15) is 4.79 Å². The fraction of sp³-hybridized carbons (Fsp3) is 0.786. The Hall–Kier alpha value is -1.03. The van der Waals surface area contributed by atoms with E-state index in [1.54, 1.807) is 7.11 Å². The number of Topliss-reactive ketones (excluding diaryl/α,β-unsaturated/α-hetero) is 1. The van der Waals surface area contributed by atoms with Crippen LogP contribution in [0.25, 0.3) is 0 Å². The van der Waals surface area contributed by atoms with Gasteiger partial charge in [0, 0.05) is 19.5 Å². The zero-order valence-corrected chi connectivity index (χ0v) is 12.0. The third-order valence-electron chi connectivity index (χ3n) is 3.47. The standard InChI is InChI=1S/C14H25NO3/c1-5-13(16)10-15-8-6-14(7-9-15)18-12(3)11(2)17-4/h14H,5-10H2,1-4H3. The Morgan fingerprint density at radius 1 is 1.22 bits per heavy atom. The smallest absolute Gasteiger partial charge is 0.146 e. The van der Waals surface area contributed by atoms with E-state index in [1.165, 1.54) is 0 Å². The molecule has 0 amide bonds. The Balaban J connectivity index is 2.33. The number of carbonyl (C=O) groups excluding carboxylic acids is 1. The van der Waals surface area contributed by atoms with Gasteiger partial charge in [-0.25, -0.2) is 0 Å². The Bertz CT molecular complexity index is 304. The van der Waals surface area contributed by atoms with Gasteiger partial charge in [0.05, 0.1) is 13.7 Å². The predicted molar refractivity (Wildman–Crippen MR) is 71.2 cm³/mol. The van der Waals surface area contributed by atoms with Crippen molar-refractivity contribution in [3.8, 4) is 0 Å². The second-order valence-electron chi connectivity index (χ2n) is 4.80. The summed E-state index contributed by atoms with van der Waals surface area (Å²) in [6, 6.07) is 0. The van der Waals surface area contributed by atoms with E-state index in [1.807, 2.05) is 20.8 Å². The molecule has 4 heteroatoms. The summed E-state index contributed by atoms with van der Waals surface area (Å²) >= 11 is 0. The van der Waals surface area contributed by atoms with Crippen LogP contribution in [0.15, 0.2) is 11.5 Å². The van der Waals surface area contributed by atoms with Crippen LogP contribution in [0.5, 0.6) is 0 Å². The van der Waals surface area contributed by atoms with Crippen molar-refractivity contribution in [3.63, 3.8) is 0 Å². The summed E-state index contributed by atoms with van der Waals surface area (Å²) in [5, 5.41) is 0. The average molecular weight is 255 g/mol. The highest BCUT2D eigenvalue weighted by Gasteiger charge is 2.21. The van der Waals surface area contributed by atoms with Crippen LogP contribution in [0.2, 0.25) is 0 Å². The topological polar surface area (TPSA) is 38.8 Å². The largest absolute Gasteiger partial charge is 0.498 e. The maximum Gasteiger partial charge on any atom is 0.146 e. The molecule has 1 aliphatic rings. The second kappa shape index (κ2) is 7.41. The number of carbonyl (C=O) groups is 1. The Morgan fingerprint density at radius 2 is 1.83 bits per heavy atom. The molecule has 0 unspecified atom stereocenters. The molecule has 1 heterocycles. The molecule has 0 radical (unpaired) electrons. The normalized spacial score (nSPS) is 19.3. The minimum Gasteiger partial charge on any atom is -0.498 e. The van der Waals surface area contributed by atoms with Crippen LogP contribution in [0.1, 0.15) is 40.0 Å². The van der Waals surface area contributed by atoms with Gasteiger partial charge in [-0.1, -0.05) is 6.92 Å². The summed E-state index contributed by atoms with van der Waals surface area (Å²) in [6.07, 6.45) is 2.84. The fourth-order valence-corrected chi connectivity index (χ4v) is 2.02. The molecule has 0 aromatic rings. The molecule has 18 heavy (non-hydrogen) atoms. The number of methoxy groups -OCH3 is 1. The van der Waals surface area contributed by atoms with Crippen LogP contribution in [0, 0.1) is 0 Å². The fourth-order valence-electron chi connectivity index (χ4n) is 2.02. The summed E-state index contributed by atoms with van der Waals surface area (Å²) in [7, 11) is 1.65. The Labute approximate surface area is 110 Å². The van der Waals surface area contributed by atoms with Gasteiger partial charge in [-0.3, -0.25) is 9.69 Å². The number of hydrogen-bond acceptors (Lipinski definition) is 4. The summed E-state index contributed by atoms with van der Waals surface area (Å²) < 4.78 is 11.0. The number of rotatable bonds is 6. The number of ether oxygens (including phenoxy) is 2. The van der Waals surface area contributed by atoms with Crippen LogP contribution in [0.4, 0.5) is 0 Å². The van der Waals surface area contributed by atoms with Crippen LogP contribution in [-0.4, -0.2) is 43.5 Å². The summed E-state index contributed by atoms with van der Waals surface area (Å²) in [5.41, 5.74) is 0. The van der Waals surface area contributed by atoms with E-state index in [-0.39, 0.29) is 6.10 Å². The van der Waals surface area contributed by atoms with Gasteiger partial charge >= 0.3 is 0 Å². The van der Waals surface area contributed by atoms with Crippen molar-refractivity contribution in [2.75, 3.05) is 26.7 Å². The first-order valence-corrected chi connectivity index (χ1v) is 6.69. The number of likely N-dealkylation sites (tertiary alicyclic amines) is 1. The molecule has 1 fully saturated rings. The molecule has 4 nitrogen and oxygen atoms in total. The van der Waals surface area contributed by atoms with Gasteiger partial charge in [-0.05, 0) is 26.7 Å².